The van der Waals surface area contributed by atoms with Crippen LogP contribution < -0.4 is 0 Å². The van der Waals surface area contributed by atoms with Gasteiger partial charge in [-0.05, 0) is 43.0 Å². The van der Waals surface area contributed by atoms with Gasteiger partial charge in [0.25, 0.3) is 0 Å². The van der Waals surface area contributed by atoms with Crippen LogP contribution in [0.1, 0.15) is 36.3 Å². The molecule has 1 aromatic carbocycles. The van der Waals surface area contributed by atoms with Crippen molar-refractivity contribution < 1.29 is 4.79 Å². The highest BCUT2D eigenvalue weighted by Crippen LogP contribution is 2.34. The molecule has 0 amide bonds. The molecule has 0 bridgehead atoms. The quantitative estimate of drug-likeness (QED) is 0.691. The highest BCUT2D eigenvalue weighted by Gasteiger charge is 2.26. The zero-order valence-electron chi connectivity index (χ0n) is 8.22. The molecular formula is C12H13ClO. The van der Waals surface area contributed by atoms with E-state index < -0.39 is 0 Å². The number of carbonyl (C=O) groups excluding carboxylic acids is 1. The molecule has 0 aromatic heterocycles. The van der Waals surface area contributed by atoms with Crippen LogP contribution in [0.15, 0.2) is 18.2 Å². The van der Waals surface area contributed by atoms with E-state index in [0.29, 0.717) is 5.78 Å². The van der Waals surface area contributed by atoms with Crippen molar-refractivity contribution in [3.8, 4) is 0 Å². The van der Waals surface area contributed by atoms with Crippen molar-refractivity contribution in [2.24, 2.45) is 0 Å². The van der Waals surface area contributed by atoms with Gasteiger partial charge in [-0.15, -0.1) is 0 Å². The molecule has 1 fully saturated rings. The maximum Gasteiger partial charge on any atom is 0.140 e. The zero-order chi connectivity index (χ0) is 10.1. The second-order valence-electron chi connectivity index (χ2n) is 3.91. The number of hydrogen-bond acceptors (Lipinski definition) is 1. The normalized spacial score (nSPS) is 21.6. The maximum absolute atomic E-state index is 11.6. The Kier molecular flexibility index (Phi) is 2.60. The lowest BCUT2D eigenvalue weighted by molar-refractivity contribution is -0.118. The van der Waals surface area contributed by atoms with Crippen LogP contribution in [-0.2, 0) is 4.79 Å². The van der Waals surface area contributed by atoms with Crippen LogP contribution in [-0.4, -0.2) is 5.78 Å². The molecule has 0 saturated heterocycles. The van der Waals surface area contributed by atoms with E-state index in [1.54, 1.807) is 0 Å². The van der Waals surface area contributed by atoms with Crippen LogP contribution in [0.5, 0.6) is 0 Å². The first kappa shape index (κ1) is 9.72. The molecule has 1 saturated carbocycles. The minimum Gasteiger partial charge on any atom is -0.299 e. The molecule has 1 aliphatic carbocycles. The molecule has 0 aliphatic heterocycles. The summed E-state index contributed by atoms with van der Waals surface area (Å²) in [6, 6.07) is 5.80. The molecule has 0 heterocycles. The molecule has 14 heavy (non-hydrogen) atoms. The van der Waals surface area contributed by atoms with E-state index in [0.717, 1.165) is 29.8 Å². The summed E-state index contributed by atoms with van der Waals surface area (Å²) >= 11 is 5.93. The lowest BCUT2D eigenvalue weighted by Crippen LogP contribution is -2.05. The Bertz CT molecular complexity index is 371. The van der Waals surface area contributed by atoms with E-state index in [1.807, 2.05) is 25.1 Å². The van der Waals surface area contributed by atoms with Gasteiger partial charge in [0.15, 0.2) is 0 Å². The zero-order valence-corrected chi connectivity index (χ0v) is 8.97. The molecule has 2 rings (SSSR count). The fourth-order valence-electron chi connectivity index (χ4n) is 2.13. The van der Waals surface area contributed by atoms with Gasteiger partial charge in [-0.2, -0.15) is 0 Å². The van der Waals surface area contributed by atoms with Gasteiger partial charge in [0.05, 0.1) is 0 Å². The van der Waals surface area contributed by atoms with Gasteiger partial charge in [-0.3, -0.25) is 4.79 Å². The molecule has 1 aromatic rings. The summed E-state index contributed by atoms with van der Waals surface area (Å²) in [5.74, 6) is 0.476. The standard InChI is InChI=1S/C12H13ClO/c1-8-5-6-9(13)7-11(8)10-3-2-4-12(10)14/h5-7,10H,2-4H2,1H3. The third-order valence-corrected chi connectivity index (χ3v) is 3.16. The van der Waals surface area contributed by atoms with Crippen LogP contribution in [0.2, 0.25) is 5.02 Å². The second kappa shape index (κ2) is 3.74. The van der Waals surface area contributed by atoms with Crippen molar-refractivity contribution in [2.75, 3.05) is 0 Å². The number of benzene rings is 1. The second-order valence-corrected chi connectivity index (χ2v) is 4.35. The van der Waals surface area contributed by atoms with E-state index in [2.05, 4.69) is 0 Å². The van der Waals surface area contributed by atoms with Crippen LogP contribution in [0, 0.1) is 6.92 Å². The molecule has 1 atom stereocenters. The van der Waals surface area contributed by atoms with E-state index in [4.69, 9.17) is 11.6 Å². The van der Waals surface area contributed by atoms with Gasteiger partial charge in [-0.1, -0.05) is 17.7 Å². The first-order valence-electron chi connectivity index (χ1n) is 4.97. The molecular weight excluding hydrogens is 196 g/mol. The third-order valence-electron chi connectivity index (χ3n) is 2.92. The topological polar surface area (TPSA) is 17.1 Å². The SMILES string of the molecule is Cc1ccc(Cl)cc1C1CCCC1=O. The number of aryl methyl sites for hydroxylation is 1. The van der Waals surface area contributed by atoms with Crippen molar-refractivity contribution in [1.29, 1.82) is 0 Å². The Balaban J connectivity index is 2.39. The Labute approximate surface area is 89.1 Å². The summed E-state index contributed by atoms with van der Waals surface area (Å²) in [7, 11) is 0. The summed E-state index contributed by atoms with van der Waals surface area (Å²) in [6.45, 7) is 2.04. The molecule has 74 valence electrons. The van der Waals surface area contributed by atoms with Crippen molar-refractivity contribution in [2.45, 2.75) is 32.1 Å². The van der Waals surface area contributed by atoms with Crippen molar-refractivity contribution >= 4 is 17.4 Å². The number of ketones is 1. The smallest absolute Gasteiger partial charge is 0.140 e. The molecule has 1 unspecified atom stereocenters. The minimum atomic E-state index is 0.105. The average molecular weight is 209 g/mol. The number of Topliss-reactive ketones (excluding diaryl/α,β-unsaturated/α-hetero) is 1. The summed E-state index contributed by atoms with van der Waals surface area (Å²) in [5.41, 5.74) is 2.30. The molecule has 0 N–H and O–H groups in total. The monoisotopic (exact) mass is 208 g/mol. The molecule has 0 radical (unpaired) electrons. The van der Waals surface area contributed by atoms with Crippen molar-refractivity contribution in [1.82, 2.24) is 0 Å². The van der Waals surface area contributed by atoms with Crippen LogP contribution in [0.3, 0.4) is 0 Å². The van der Waals surface area contributed by atoms with Gasteiger partial charge >= 0.3 is 0 Å². The summed E-state index contributed by atoms with van der Waals surface area (Å²) < 4.78 is 0. The first-order valence-corrected chi connectivity index (χ1v) is 5.35. The fourth-order valence-corrected chi connectivity index (χ4v) is 2.31. The molecule has 0 spiro atoms. The lowest BCUT2D eigenvalue weighted by atomic mass is 9.93. The number of halogens is 1. The van der Waals surface area contributed by atoms with E-state index in [9.17, 15) is 4.79 Å². The van der Waals surface area contributed by atoms with Crippen LogP contribution >= 0.6 is 11.6 Å². The van der Waals surface area contributed by atoms with Crippen molar-refractivity contribution in [3.05, 3.63) is 34.3 Å². The fraction of sp³-hybridized carbons (Fsp3) is 0.417. The summed E-state index contributed by atoms with van der Waals surface area (Å²) in [4.78, 5) is 11.6. The minimum absolute atomic E-state index is 0.105. The Hall–Kier alpha value is -0.820. The van der Waals surface area contributed by atoms with Crippen LogP contribution in [0.4, 0.5) is 0 Å². The van der Waals surface area contributed by atoms with Gasteiger partial charge in [0, 0.05) is 17.4 Å². The third kappa shape index (κ3) is 1.69. The largest absolute Gasteiger partial charge is 0.299 e. The number of carbonyl (C=O) groups is 1. The summed E-state index contributed by atoms with van der Waals surface area (Å²) in [6.07, 6.45) is 2.74. The lowest BCUT2D eigenvalue weighted by Gasteiger charge is -2.11. The van der Waals surface area contributed by atoms with E-state index in [1.165, 1.54) is 5.56 Å². The number of rotatable bonds is 1. The maximum atomic E-state index is 11.6. The number of hydrogen-bond donors (Lipinski definition) is 0. The molecule has 1 nitrogen and oxygen atoms in total. The molecule has 1 aliphatic rings. The first-order chi connectivity index (χ1) is 6.68. The van der Waals surface area contributed by atoms with Crippen LogP contribution in [0.25, 0.3) is 0 Å². The Morgan fingerprint density at radius 3 is 2.86 bits per heavy atom. The van der Waals surface area contributed by atoms with Gasteiger partial charge in [-0.25, -0.2) is 0 Å². The average Bonchev–Trinajstić information content (AvgIpc) is 2.56. The highest BCUT2D eigenvalue weighted by molar-refractivity contribution is 6.30. The Morgan fingerprint density at radius 1 is 1.43 bits per heavy atom. The van der Waals surface area contributed by atoms with Gasteiger partial charge in [0.2, 0.25) is 0 Å². The highest BCUT2D eigenvalue weighted by atomic mass is 35.5. The predicted octanol–water partition coefficient (Wildman–Crippen LogP) is 3.49. The Morgan fingerprint density at radius 2 is 2.21 bits per heavy atom. The van der Waals surface area contributed by atoms with E-state index in [-0.39, 0.29) is 5.92 Å². The van der Waals surface area contributed by atoms with Gasteiger partial charge < -0.3 is 0 Å². The van der Waals surface area contributed by atoms with Gasteiger partial charge in [0.1, 0.15) is 5.78 Å². The molecule has 2 heteroatoms. The van der Waals surface area contributed by atoms with Crippen molar-refractivity contribution in [3.63, 3.8) is 0 Å². The predicted molar refractivity (Wildman–Crippen MR) is 57.8 cm³/mol. The van der Waals surface area contributed by atoms with E-state index >= 15 is 0 Å². The summed E-state index contributed by atoms with van der Waals surface area (Å²) in [5, 5.41) is 0.727.